The van der Waals surface area contributed by atoms with Crippen LogP contribution in [0.5, 0.6) is 0 Å². The first-order chi connectivity index (χ1) is 16.3. The monoisotopic (exact) mass is 480 g/mol. The van der Waals surface area contributed by atoms with Crippen LogP contribution in [-0.4, -0.2) is 61.4 Å². The number of amides is 1. The summed E-state index contributed by atoms with van der Waals surface area (Å²) in [4.78, 5) is 14.9. The number of anilines is 1. The van der Waals surface area contributed by atoms with Crippen LogP contribution < -0.4 is 5.32 Å². The van der Waals surface area contributed by atoms with Crippen LogP contribution in [0, 0.1) is 13.8 Å². The number of hydrogen-bond donors (Lipinski definition) is 1. The molecule has 1 N–H and O–H groups in total. The molecule has 2 aliphatic heterocycles. The minimum absolute atomic E-state index is 0.0391. The summed E-state index contributed by atoms with van der Waals surface area (Å²) < 4.78 is 35.2. The van der Waals surface area contributed by atoms with Crippen LogP contribution in [0.3, 0.4) is 0 Å². The van der Waals surface area contributed by atoms with Gasteiger partial charge in [-0.05, 0) is 50.2 Å². The maximum Gasteiger partial charge on any atom is 0.257 e. The number of sulfonamides is 1. The van der Waals surface area contributed by atoms with Gasteiger partial charge in [-0.2, -0.15) is 4.31 Å². The van der Waals surface area contributed by atoms with Crippen molar-refractivity contribution in [2.45, 2.75) is 24.9 Å². The van der Waals surface area contributed by atoms with Gasteiger partial charge in [-0.15, -0.1) is 0 Å². The lowest BCUT2D eigenvalue weighted by Crippen LogP contribution is -2.40. The Hall–Kier alpha value is -3.14. The molecule has 3 heterocycles. The molecule has 0 aliphatic carbocycles. The Morgan fingerprint density at radius 2 is 1.74 bits per heavy atom. The number of fused-ring (bicyclic) bond motifs is 1. The van der Waals surface area contributed by atoms with Gasteiger partial charge in [0.2, 0.25) is 10.0 Å². The van der Waals surface area contributed by atoms with Crippen molar-refractivity contribution in [2.24, 2.45) is 0 Å². The van der Waals surface area contributed by atoms with Gasteiger partial charge in [0.25, 0.3) is 5.91 Å². The summed E-state index contributed by atoms with van der Waals surface area (Å²) in [6.45, 7) is 5.49. The van der Waals surface area contributed by atoms with Gasteiger partial charge in [-0.1, -0.05) is 18.2 Å². The van der Waals surface area contributed by atoms with E-state index >= 15 is 0 Å². The summed E-state index contributed by atoms with van der Waals surface area (Å²) in [5, 5.41) is 3.48. The molecule has 0 radical (unpaired) electrons. The topological polar surface area (TPSA) is 83.9 Å². The Labute approximate surface area is 199 Å². The largest absolute Gasteiger partial charge is 0.379 e. The van der Waals surface area contributed by atoms with E-state index in [4.69, 9.17) is 4.74 Å². The van der Waals surface area contributed by atoms with Crippen LogP contribution >= 0.6 is 0 Å². The molecule has 8 nitrogen and oxygen atoms in total. The van der Waals surface area contributed by atoms with Crippen molar-refractivity contribution < 1.29 is 17.9 Å². The number of carbonyl (C=O) groups is 1. The first-order valence-electron chi connectivity index (χ1n) is 11.3. The summed E-state index contributed by atoms with van der Waals surface area (Å²) in [7, 11) is -1.82. The molecule has 0 unspecified atom stereocenters. The second-order valence-corrected chi connectivity index (χ2v) is 10.6. The van der Waals surface area contributed by atoms with Crippen molar-refractivity contribution in [3.05, 3.63) is 77.1 Å². The normalized spacial score (nSPS) is 19.1. The SMILES string of the molecule is Cc1cc([C@@H]2Nc3ccccc3C(=O)N2C)c(C)n1-c1cccc(S(=O)(=O)N2CCOCC2)c1. The number of ether oxygens (including phenoxy) is 1. The number of hydrogen-bond acceptors (Lipinski definition) is 5. The third kappa shape index (κ3) is 3.70. The van der Waals surface area contributed by atoms with E-state index in [-0.39, 0.29) is 17.0 Å². The van der Waals surface area contributed by atoms with Crippen molar-refractivity contribution in [1.29, 1.82) is 0 Å². The molecule has 0 saturated carbocycles. The number of aryl methyl sites for hydroxylation is 1. The molecule has 1 atom stereocenters. The van der Waals surface area contributed by atoms with Gasteiger partial charge in [0.15, 0.2) is 0 Å². The fraction of sp³-hybridized carbons (Fsp3) is 0.320. The zero-order valence-electron chi connectivity index (χ0n) is 19.5. The van der Waals surface area contributed by atoms with E-state index in [9.17, 15) is 13.2 Å². The molecule has 0 spiro atoms. The van der Waals surface area contributed by atoms with E-state index in [1.807, 2.05) is 54.8 Å². The summed E-state index contributed by atoms with van der Waals surface area (Å²) in [6.07, 6.45) is -0.331. The number of nitrogens with one attached hydrogen (secondary N) is 1. The van der Waals surface area contributed by atoms with Crippen LogP contribution in [0.2, 0.25) is 0 Å². The molecule has 9 heteroatoms. The highest BCUT2D eigenvalue weighted by molar-refractivity contribution is 7.89. The Kier molecular flexibility index (Phi) is 5.71. The summed E-state index contributed by atoms with van der Waals surface area (Å²) >= 11 is 0. The van der Waals surface area contributed by atoms with E-state index in [2.05, 4.69) is 5.32 Å². The number of benzene rings is 2. The molecular formula is C25H28N4O4S. The van der Waals surface area contributed by atoms with Crippen molar-refractivity contribution in [2.75, 3.05) is 38.7 Å². The molecular weight excluding hydrogens is 452 g/mol. The lowest BCUT2D eigenvalue weighted by atomic mass is 10.0. The van der Waals surface area contributed by atoms with Gasteiger partial charge in [0.1, 0.15) is 6.17 Å². The molecule has 1 fully saturated rings. The first kappa shape index (κ1) is 22.6. The lowest BCUT2D eigenvalue weighted by molar-refractivity contribution is 0.0730. The second-order valence-electron chi connectivity index (χ2n) is 8.68. The van der Waals surface area contributed by atoms with E-state index in [0.717, 1.165) is 28.3 Å². The van der Waals surface area contributed by atoms with Crippen LogP contribution in [0.25, 0.3) is 5.69 Å². The zero-order valence-corrected chi connectivity index (χ0v) is 20.3. The van der Waals surface area contributed by atoms with E-state index < -0.39 is 10.0 Å². The highest BCUT2D eigenvalue weighted by Gasteiger charge is 2.32. The van der Waals surface area contributed by atoms with Crippen molar-refractivity contribution in [1.82, 2.24) is 13.8 Å². The standard InChI is InChI=1S/C25H28N4O4S/c1-17-15-22(24-26-23-10-5-4-9-21(23)25(30)27(24)3)18(2)29(17)19-7-6-8-20(16-19)34(31,32)28-11-13-33-14-12-28/h4-10,15-16,24,26H,11-14H2,1-3H3/t24-/m1/s1. The van der Waals surface area contributed by atoms with Gasteiger partial charge in [-0.25, -0.2) is 8.42 Å². The van der Waals surface area contributed by atoms with Gasteiger partial charge in [0, 0.05) is 48.5 Å². The molecule has 0 bridgehead atoms. The Morgan fingerprint density at radius 3 is 2.50 bits per heavy atom. The molecule has 5 rings (SSSR count). The number of morpholine rings is 1. The average Bonchev–Trinajstić information content (AvgIpc) is 3.15. The van der Waals surface area contributed by atoms with Crippen LogP contribution in [0.1, 0.15) is 33.5 Å². The number of carbonyl (C=O) groups excluding carboxylic acids is 1. The molecule has 2 aromatic carbocycles. The number of rotatable bonds is 4. The van der Waals surface area contributed by atoms with E-state index in [1.54, 1.807) is 30.1 Å². The van der Waals surface area contributed by atoms with Crippen molar-refractivity contribution in [3.63, 3.8) is 0 Å². The van der Waals surface area contributed by atoms with Crippen molar-refractivity contribution >= 4 is 21.6 Å². The summed E-state index contributed by atoms with van der Waals surface area (Å²) in [5.41, 5.74) is 5.07. The molecule has 178 valence electrons. The summed E-state index contributed by atoms with van der Waals surface area (Å²) in [6, 6.07) is 16.6. The summed E-state index contributed by atoms with van der Waals surface area (Å²) in [5.74, 6) is -0.0391. The smallest absolute Gasteiger partial charge is 0.257 e. The molecule has 2 aliphatic rings. The number of aromatic nitrogens is 1. The van der Waals surface area contributed by atoms with E-state index in [0.29, 0.717) is 31.9 Å². The van der Waals surface area contributed by atoms with Crippen LogP contribution in [0.15, 0.2) is 59.5 Å². The maximum absolute atomic E-state index is 13.2. The van der Waals surface area contributed by atoms with Gasteiger partial charge >= 0.3 is 0 Å². The van der Waals surface area contributed by atoms with Gasteiger partial charge in [-0.3, -0.25) is 4.79 Å². The third-order valence-corrected chi connectivity index (χ3v) is 8.50. The van der Waals surface area contributed by atoms with Crippen LogP contribution in [0.4, 0.5) is 5.69 Å². The first-order valence-corrected chi connectivity index (χ1v) is 12.7. The Morgan fingerprint density at radius 1 is 1.00 bits per heavy atom. The fourth-order valence-electron chi connectivity index (χ4n) is 4.81. The highest BCUT2D eigenvalue weighted by Crippen LogP contribution is 2.35. The number of nitrogens with zero attached hydrogens (tertiary/aromatic N) is 3. The minimum atomic E-state index is -3.61. The second kappa shape index (κ2) is 8.57. The van der Waals surface area contributed by atoms with Gasteiger partial charge in [0.05, 0.1) is 23.7 Å². The zero-order chi connectivity index (χ0) is 24.0. The number of para-hydroxylation sites is 1. The third-order valence-electron chi connectivity index (χ3n) is 6.61. The lowest BCUT2D eigenvalue weighted by Gasteiger charge is -2.35. The molecule has 1 saturated heterocycles. The predicted octanol–water partition coefficient (Wildman–Crippen LogP) is 3.31. The molecule has 34 heavy (non-hydrogen) atoms. The van der Waals surface area contributed by atoms with E-state index in [1.165, 1.54) is 4.31 Å². The Bertz CT molecular complexity index is 1360. The van der Waals surface area contributed by atoms with Crippen LogP contribution in [-0.2, 0) is 14.8 Å². The highest BCUT2D eigenvalue weighted by atomic mass is 32.2. The quantitative estimate of drug-likeness (QED) is 0.620. The fourth-order valence-corrected chi connectivity index (χ4v) is 6.26. The van der Waals surface area contributed by atoms with Crippen molar-refractivity contribution in [3.8, 4) is 5.69 Å². The molecule has 1 amide bonds. The maximum atomic E-state index is 13.2. The minimum Gasteiger partial charge on any atom is -0.379 e. The average molecular weight is 481 g/mol. The molecule has 3 aromatic rings. The molecule has 1 aromatic heterocycles. The van der Waals surface area contributed by atoms with Gasteiger partial charge < -0.3 is 19.5 Å². The Balaban J connectivity index is 1.52. The predicted molar refractivity (Wildman–Crippen MR) is 130 cm³/mol.